The molecular weight excluding hydrogens is 198 g/mol. The molecule has 16 heavy (non-hydrogen) atoms. The van der Waals surface area contributed by atoms with Gasteiger partial charge in [0, 0.05) is 23.1 Å². The zero-order valence-electron chi connectivity index (χ0n) is 9.18. The Bertz CT molecular complexity index is 561. The zero-order valence-corrected chi connectivity index (χ0v) is 9.18. The van der Waals surface area contributed by atoms with Gasteiger partial charge in [0.1, 0.15) is 0 Å². The number of pyridine rings is 1. The molecule has 1 fully saturated rings. The van der Waals surface area contributed by atoms with Crippen LogP contribution in [-0.4, -0.2) is 10.8 Å². The van der Waals surface area contributed by atoms with Crippen molar-refractivity contribution in [1.82, 2.24) is 4.98 Å². The summed E-state index contributed by atoms with van der Waals surface area (Å²) in [6.07, 6.45) is 2.82. The number of rotatable bonds is 2. The lowest BCUT2D eigenvalue weighted by Gasteiger charge is -2.01. The third kappa shape index (κ3) is 1.51. The van der Waals surface area contributed by atoms with Gasteiger partial charge in [-0.1, -0.05) is 13.0 Å². The molecule has 0 N–H and O–H groups in total. The van der Waals surface area contributed by atoms with E-state index in [4.69, 9.17) is 0 Å². The van der Waals surface area contributed by atoms with Crippen LogP contribution in [0.2, 0.25) is 0 Å². The van der Waals surface area contributed by atoms with Crippen molar-refractivity contribution in [1.29, 1.82) is 0 Å². The van der Waals surface area contributed by atoms with E-state index >= 15 is 0 Å². The van der Waals surface area contributed by atoms with Gasteiger partial charge in [-0.15, -0.1) is 0 Å². The van der Waals surface area contributed by atoms with Crippen molar-refractivity contribution in [3.05, 3.63) is 42.1 Å². The average Bonchev–Trinajstić information content (AvgIpc) is 3.05. The van der Waals surface area contributed by atoms with E-state index in [1.807, 2.05) is 30.3 Å². The first-order valence-electron chi connectivity index (χ1n) is 5.65. The molecule has 2 aromatic rings. The van der Waals surface area contributed by atoms with Gasteiger partial charge in [-0.25, -0.2) is 0 Å². The molecule has 2 nitrogen and oxygen atoms in total. The lowest BCUT2D eigenvalue weighted by molar-refractivity contribution is 0.0962. The molecule has 3 rings (SSSR count). The minimum atomic E-state index is 0.258. The maximum Gasteiger partial charge on any atom is 0.166 e. The predicted octanol–water partition coefficient (Wildman–Crippen LogP) is 3.07. The predicted molar refractivity (Wildman–Crippen MR) is 63.3 cm³/mol. The molecule has 0 radical (unpaired) electrons. The van der Waals surface area contributed by atoms with E-state index in [2.05, 4.69) is 11.9 Å². The quantitative estimate of drug-likeness (QED) is 0.714. The van der Waals surface area contributed by atoms with Gasteiger partial charge in [-0.2, -0.15) is 0 Å². The molecule has 1 aromatic carbocycles. The molecule has 0 amide bonds. The van der Waals surface area contributed by atoms with E-state index in [-0.39, 0.29) is 5.92 Å². The van der Waals surface area contributed by atoms with E-state index in [1.54, 1.807) is 6.20 Å². The van der Waals surface area contributed by atoms with Gasteiger partial charge in [0.05, 0.1) is 5.52 Å². The number of carbonyl (C=O) groups is 1. The Morgan fingerprint density at radius 1 is 1.38 bits per heavy atom. The number of hydrogen-bond acceptors (Lipinski definition) is 2. The summed E-state index contributed by atoms with van der Waals surface area (Å²) in [6.45, 7) is 2.13. The van der Waals surface area contributed by atoms with Crippen molar-refractivity contribution < 1.29 is 4.79 Å². The van der Waals surface area contributed by atoms with E-state index in [0.717, 1.165) is 22.9 Å². The summed E-state index contributed by atoms with van der Waals surface area (Å²) in [4.78, 5) is 16.3. The summed E-state index contributed by atoms with van der Waals surface area (Å²) < 4.78 is 0. The second kappa shape index (κ2) is 3.41. The number of aromatic nitrogens is 1. The van der Waals surface area contributed by atoms with Gasteiger partial charge in [0.2, 0.25) is 0 Å². The summed E-state index contributed by atoms with van der Waals surface area (Å²) in [6, 6.07) is 9.67. The Hall–Kier alpha value is -1.70. The molecule has 2 unspecified atom stereocenters. The number of Topliss-reactive ketones (excluding diaryl/α,β-unsaturated/α-hetero) is 1. The number of nitrogens with zero attached hydrogens (tertiary/aromatic N) is 1. The molecular formula is C14H13NO. The molecule has 1 heterocycles. The lowest BCUT2D eigenvalue weighted by atomic mass is 10.0. The van der Waals surface area contributed by atoms with Gasteiger partial charge in [0.25, 0.3) is 0 Å². The molecule has 2 heteroatoms. The van der Waals surface area contributed by atoms with Crippen LogP contribution in [0.25, 0.3) is 10.9 Å². The van der Waals surface area contributed by atoms with Crippen molar-refractivity contribution in [3.63, 3.8) is 0 Å². The van der Waals surface area contributed by atoms with Crippen molar-refractivity contribution in [2.75, 3.05) is 0 Å². The highest BCUT2D eigenvalue weighted by atomic mass is 16.1. The summed E-state index contributed by atoms with van der Waals surface area (Å²) in [5.74, 6) is 1.12. The fourth-order valence-electron chi connectivity index (χ4n) is 2.13. The number of hydrogen-bond donors (Lipinski definition) is 0. The zero-order chi connectivity index (χ0) is 11.1. The smallest absolute Gasteiger partial charge is 0.166 e. The molecule has 0 saturated heterocycles. The lowest BCUT2D eigenvalue weighted by Crippen LogP contribution is -2.02. The van der Waals surface area contributed by atoms with Crippen LogP contribution < -0.4 is 0 Å². The van der Waals surface area contributed by atoms with Gasteiger partial charge >= 0.3 is 0 Å². The monoisotopic (exact) mass is 211 g/mol. The van der Waals surface area contributed by atoms with Crippen LogP contribution in [0.15, 0.2) is 36.5 Å². The first-order chi connectivity index (χ1) is 7.75. The minimum absolute atomic E-state index is 0.258. The number of carbonyl (C=O) groups excluding carboxylic acids is 1. The Labute approximate surface area is 94.3 Å². The third-order valence-corrected chi connectivity index (χ3v) is 3.33. The SMILES string of the molecule is CC1CC1C(=O)c1ccc2ncccc2c1. The standard InChI is InChI=1S/C14H13NO/c1-9-7-12(9)14(16)11-4-5-13-10(8-11)3-2-6-15-13/h2-6,8-9,12H,7H2,1H3. The summed E-state index contributed by atoms with van der Waals surface area (Å²) in [7, 11) is 0. The van der Waals surface area contributed by atoms with Gasteiger partial charge < -0.3 is 0 Å². The molecule has 0 aliphatic heterocycles. The largest absolute Gasteiger partial charge is 0.294 e. The highest BCUT2D eigenvalue weighted by Crippen LogP contribution is 2.40. The van der Waals surface area contributed by atoms with Gasteiger partial charge in [0.15, 0.2) is 5.78 Å². The molecule has 1 aliphatic carbocycles. The van der Waals surface area contributed by atoms with Crippen LogP contribution >= 0.6 is 0 Å². The van der Waals surface area contributed by atoms with Crippen molar-refractivity contribution in [3.8, 4) is 0 Å². The average molecular weight is 211 g/mol. The fourth-order valence-corrected chi connectivity index (χ4v) is 2.13. The van der Waals surface area contributed by atoms with E-state index in [0.29, 0.717) is 11.7 Å². The summed E-state index contributed by atoms with van der Waals surface area (Å²) in [5.41, 5.74) is 1.78. The van der Waals surface area contributed by atoms with Crippen LogP contribution in [0.3, 0.4) is 0 Å². The molecule has 1 aromatic heterocycles. The second-order valence-corrected chi connectivity index (χ2v) is 4.59. The minimum Gasteiger partial charge on any atom is -0.294 e. The van der Waals surface area contributed by atoms with E-state index in [9.17, 15) is 4.79 Å². The van der Waals surface area contributed by atoms with Gasteiger partial charge in [-0.05, 0) is 36.6 Å². The number of ketones is 1. The van der Waals surface area contributed by atoms with Gasteiger partial charge in [-0.3, -0.25) is 9.78 Å². The first-order valence-corrected chi connectivity index (χ1v) is 5.65. The second-order valence-electron chi connectivity index (χ2n) is 4.59. The Morgan fingerprint density at radius 2 is 2.19 bits per heavy atom. The van der Waals surface area contributed by atoms with Crippen LogP contribution in [-0.2, 0) is 0 Å². The van der Waals surface area contributed by atoms with Crippen LogP contribution in [0, 0.1) is 11.8 Å². The Morgan fingerprint density at radius 3 is 2.94 bits per heavy atom. The highest BCUT2D eigenvalue weighted by molar-refractivity contribution is 6.02. The molecule has 1 aliphatic rings. The maximum absolute atomic E-state index is 12.0. The van der Waals surface area contributed by atoms with Crippen LogP contribution in [0.4, 0.5) is 0 Å². The fraction of sp³-hybridized carbons (Fsp3) is 0.286. The Kier molecular flexibility index (Phi) is 2.03. The topological polar surface area (TPSA) is 30.0 Å². The van der Waals surface area contributed by atoms with Crippen molar-refractivity contribution >= 4 is 16.7 Å². The van der Waals surface area contributed by atoms with E-state index < -0.39 is 0 Å². The molecule has 1 saturated carbocycles. The molecule has 2 atom stereocenters. The third-order valence-electron chi connectivity index (χ3n) is 3.33. The van der Waals surface area contributed by atoms with Crippen LogP contribution in [0.1, 0.15) is 23.7 Å². The highest BCUT2D eigenvalue weighted by Gasteiger charge is 2.39. The summed E-state index contributed by atoms with van der Waals surface area (Å²) >= 11 is 0. The normalized spacial score (nSPS) is 23.3. The van der Waals surface area contributed by atoms with Crippen molar-refractivity contribution in [2.45, 2.75) is 13.3 Å². The first kappa shape index (κ1) is 9.52. The Balaban J connectivity index is 2.02. The van der Waals surface area contributed by atoms with Crippen LogP contribution in [0.5, 0.6) is 0 Å². The number of fused-ring (bicyclic) bond motifs is 1. The molecule has 0 bridgehead atoms. The van der Waals surface area contributed by atoms with Crippen molar-refractivity contribution in [2.24, 2.45) is 11.8 Å². The molecule has 80 valence electrons. The maximum atomic E-state index is 12.0. The molecule has 0 spiro atoms. The van der Waals surface area contributed by atoms with E-state index in [1.165, 1.54) is 0 Å². The summed E-state index contributed by atoms with van der Waals surface area (Å²) in [5, 5.41) is 1.04. The number of benzene rings is 1.